The van der Waals surface area contributed by atoms with Gasteiger partial charge >= 0.3 is 5.97 Å². The van der Waals surface area contributed by atoms with E-state index in [0.29, 0.717) is 12.3 Å². The van der Waals surface area contributed by atoms with E-state index in [1.807, 2.05) is 18.2 Å². The number of fused-ring (bicyclic) bond motifs is 1. The Balaban J connectivity index is 2.41. The zero-order valence-electron chi connectivity index (χ0n) is 10.3. The Hall–Kier alpha value is -1.84. The summed E-state index contributed by atoms with van der Waals surface area (Å²) in [6, 6.07) is 0. The maximum absolute atomic E-state index is 11.7. The zero-order valence-corrected chi connectivity index (χ0v) is 10.3. The van der Waals surface area contributed by atoms with Crippen molar-refractivity contribution in [2.75, 3.05) is 6.61 Å². The summed E-state index contributed by atoms with van der Waals surface area (Å²) in [4.78, 5) is 11.7. The van der Waals surface area contributed by atoms with Crippen LogP contribution in [0, 0.1) is 5.41 Å². The molecule has 17 heavy (non-hydrogen) atoms. The molecule has 1 heterocycles. The average Bonchev–Trinajstić information content (AvgIpc) is 2.61. The van der Waals surface area contributed by atoms with E-state index < -0.39 is 0 Å². The highest BCUT2D eigenvalue weighted by Gasteiger charge is 2.21. The van der Waals surface area contributed by atoms with Crippen LogP contribution in [0.15, 0.2) is 12.2 Å². The monoisotopic (exact) mass is 232 g/mol. The van der Waals surface area contributed by atoms with E-state index in [1.165, 1.54) is 0 Å². The van der Waals surface area contributed by atoms with Gasteiger partial charge in [-0.2, -0.15) is 5.10 Å². The van der Waals surface area contributed by atoms with E-state index in [4.69, 9.17) is 4.74 Å². The van der Waals surface area contributed by atoms with E-state index in [9.17, 15) is 4.79 Å². The normalized spacial score (nSPS) is 16.4. The molecule has 1 N–H and O–H groups in total. The number of esters is 1. The number of carbonyl (C=O) groups excluding carboxylic acids is 1. The fourth-order valence-corrected chi connectivity index (χ4v) is 1.67. The predicted octanol–water partition coefficient (Wildman–Crippen LogP) is 2.65. The van der Waals surface area contributed by atoms with Gasteiger partial charge in [0.05, 0.1) is 12.3 Å². The molecule has 0 unspecified atom stereocenters. The number of ether oxygens (including phenoxy) is 1. The topological polar surface area (TPSA) is 55.0 Å². The van der Waals surface area contributed by atoms with Gasteiger partial charge in [-0.3, -0.25) is 5.10 Å². The minimum absolute atomic E-state index is 0.0220. The van der Waals surface area contributed by atoms with Crippen LogP contribution < -0.4 is 0 Å². The second kappa shape index (κ2) is 4.20. The van der Waals surface area contributed by atoms with Gasteiger partial charge in [0.15, 0.2) is 5.69 Å². The van der Waals surface area contributed by atoms with Crippen LogP contribution >= 0.6 is 0 Å². The molecule has 0 amide bonds. The third kappa shape index (κ3) is 2.30. The number of rotatable bonds is 2. The summed E-state index contributed by atoms with van der Waals surface area (Å²) in [7, 11) is 0. The van der Waals surface area contributed by atoms with E-state index >= 15 is 0 Å². The number of carbonyl (C=O) groups is 1. The molecule has 0 fully saturated rings. The molecule has 0 bridgehead atoms. The van der Waals surface area contributed by atoms with Gasteiger partial charge in [0.25, 0.3) is 0 Å². The van der Waals surface area contributed by atoms with Crippen molar-refractivity contribution in [3.05, 3.63) is 29.1 Å². The van der Waals surface area contributed by atoms with E-state index in [0.717, 1.165) is 11.3 Å². The molecule has 90 valence electrons. The van der Waals surface area contributed by atoms with Crippen molar-refractivity contribution >= 4 is 18.1 Å². The lowest BCUT2D eigenvalue weighted by Crippen LogP contribution is -2.07. The number of allylic oxidation sites excluding steroid dienone is 2. The van der Waals surface area contributed by atoms with Crippen LogP contribution in [0.4, 0.5) is 0 Å². The first-order valence-electron chi connectivity index (χ1n) is 5.67. The molecule has 0 aromatic carbocycles. The van der Waals surface area contributed by atoms with Crippen molar-refractivity contribution in [3.63, 3.8) is 0 Å². The number of hydrogen-bond donors (Lipinski definition) is 1. The summed E-state index contributed by atoms with van der Waals surface area (Å²) in [6.45, 7) is 6.33. The van der Waals surface area contributed by atoms with Crippen LogP contribution in [0.2, 0.25) is 0 Å². The summed E-state index contributed by atoms with van der Waals surface area (Å²) < 4.78 is 4.97. The first-order chi connectivity index (χ1) is 8.03. The van der Waals surface area contributed by atoms with E-state index in [2.05, 4.69) is 30.1 Å². The largest absolute Gasteiger partial charge is 0.461 e. The van der Waals surface area contributed by atoms with Crippen molar-refractivity contribution in [3.8, 4) is 0 Å². The second-order valence-electron chi connectivity index (χ2n) is 4.61. The highest BCUT2D eigenvalue weighted by Crippen LogP contribution is 2.28. The lowest BCUT2D eigenvalue weighted by Gasteiger charge is -2.12. The van der Waals surface area contributed by atoms with Crippen LogP contribution in [0.3, 0.4) is 0 Å². The Labute approximate surface area is 100 Å². The van der Waals surface area contributed by atoms with Crippen LogP contribution in [0.5, 0.6) is 0 Å². The quantitative estimate of drug-likeness (QED) is 0.797. The molecule has 4 nitrogen and oxygen atoms in total. The van der Waals surface area contributed by atoms with Gasteiger partial charge in [-0.1, -0.05) is 32.1 Å². The molecule has 4 heteroatoms. The molecule has 2 rings (SSSR count). The van der Waals surface area contributed by atoms with Gasteiger partial charge in [-0.05, 0) is 13.0 Å². The smallest absolute Gasteiger partial charge is 0.359 e. The minimum Gasteiger partial charge on any atom is -0.461 e. The number of hydrogen-bond acceptors (Lipinski definition) is 3. The summed E-state index contributed by atoms with van der Waals surface area (Å²) in [6.07, 6.45) is 7.99. The first kappa shape index (κ1) is 11.6. The molecule has 0 spiro atoms. The van der Waals surface area contributed by atoms with Gasteiger partial charge < -0.3 is 4.74 Å². The molecule has 1 aromatic heterocycles. The van der Waals surface area contributed by atoms with E-state index in [1.54, 1.807) is 6.92 Å². The highest BCUT2D eigenvalue weighted by molar-refractivity contribution is 5.93. The fraction of sp³-hybridized carbons (Fsp3) is 0.385. The second-order valence-corrected chi connectivity index (χ2v) is 4.61. The maximum Gasteiger partial charge on any atom is 0.359 e. The number of nitrogens with zero attached hydrogens (tertiary/aromatic N) is 1. The highest BCUT2D eigenvalue weighted by atomic mass is 16.5. The Kier molecular flexibility index (Phi) is 2.88. The third-order valence-corrected chi connectivity index (χ3v) is 2.66. The van der Waals surface area contributed by atoms with Crippen molar-refractivity contribution in [1.82, 2.24) is 10.2 Å². The molecule has 1 aliphatic carbocycles. The first-order valence-corrected chi connectivity index (χ1v) is 5.67. The maximum atomic E-state index is 11.7. The lowest BCUT2D eigenvalue weighted by molar-refractivity contribution is 0.0519. The summed E-state index contributed by atoms with van der Waals surface area (Å²) in [5.74, 6) is -0.386. The third-order valence-electron chi connectivity index (χ3n) is 2.66. The Morgan fingerprint density at radius 3 is 2.82 bits per heavy atom. The molecule has 0 saturated carbocycles. The van der Waals surface area contributed by atoms with Gasteiger partial charge in [-0.15, -0.1) is 0 Å². The SMILES string of the molecule is CCOC(=O)c1n[nH]c2c1C=CC(C)(C)C=C2. The fourth-order valence-electron chi connectivity index (χ4n) is 1.67. The summed E-state index contributed by atoms with van der Waals surface area (Å²) in [5.41, 5.74) is 1.96. The van der Waals surface area contributed by atoms with Gasteiger partial charge in [0.2, 0.25) is 0 Å². The van der Waals surface area contributed by atoms with Gasteiger partial charge in [0.1, 0.15) is 0 Å². The lowest BCUT2D eigenvalue weighted by atomic mass is 9.93. The van der Waals surface area contributed by atoms with Crippen molar-refractivity contribution < 1.29 is 9.53 Å². The number of nitrogens with one attached hydrogen (secondary N) is 1. The summed E-state index contributed by atoms with van der Waals surface area (Å²) >= 11 is 0. The number of aromatic nitrogens is 2. The predicted molar refractivity (Wildman–Crippen MR) is 66.4 cm³/mol. The van der Waals surface area contributed by atoms with Crippen molar-refractivity contribution in [2.45, 2.75) is 20.8 Å². The van der Waals surface area contributed by atoms with Crippen LogP contribution in [0.1, 0.15) is 42.5 Å². The van der Waals surface area contributed by atoms with E-state index in [-0.39, 0.29) is 11.4 Å². The van der Waals surface area contributed by atoms with Crippen LogP contribution in [-0.2, 0) is 4.74 Å². The van der Waals surface area contributed by atoms with Crippen molar-refractivity contribution in [2.24, 2.45) is 5.41 Å². The average molecular weight is 232 g/mol. The number of H-pyrrole nitrogens is 1. The number of aromatic amines is 1. The van der Waals surface area contributed by atoms with Gasteiger partial charge in [-0.25, -0.2) is 4.79 Å². The van der Waals surface area contributed by atoms with Gasteiger partial charge in [0, 0.05) is 11.0 Å². The molecule has 0 atom stereocenters. The van der Waals surface area contributed by atoms with Crippen LogP contribution in [-0.4, -0.2) is 22.8 Å². The molecule has 1 aliphatic rings. The molecular weight excluding hydrogens is 216 g/mol. The molecule has 0 saturated heterocycles. The van der Waals surface area contributed by atoms with Crippen molar-refractivity contribution in [1.29, 1.82) is 0 Å². The molecule has 0 aliphatic heterocycles. The Bertz CT molecular complexity index is 496. The zero-order chi connectivity index (χ0) is 12.5. The molecule has 1 aromatic rings. The Morgan fingerprint density at radius 2 is 2.12 bits per heavy atom. The Morgan fingerprint density at radius 1 is 1.41 bits per heavy atom. The standard InChI is InChI=1S/C13H16N2O2/c1-4-17-12(16)11-9-5-7-13(2,3)8-6-10(9)14-15-11/h5-8H,4H2,1-3H3,(H,14,15). The van der Waals surface area contributed by atoms with Crippen LogP contribution in [0.25, 0.3) is 12.2 Å². The minimum atomic E-state index is -0.386. The molecular formula is C13H16N2O2. The summed E-state index contributed by atoms with van der Waals surface area (Å²) in [5, 5.41) is 6.86. The molecule has 0 radical (unpaired) electrons.